The van der Waals surface area contributed by atoms with Gasteiger partial charge in [-0.05, 0) is 48.4 Å². The molecule has 1 aromatic carbocycles. The number of benzene rings is 1. The fraction of sp³-hybridized carbons (Fsp3) is 0.500. The summed E-state index contributed by atoms with van der Waals surface area (Å²) in [5.74, 6) is -1.12. The van der Waals surface area contributed by atoms with Crippen molar-refractivity contribution in [2.75, 3.05) is 5.32 Å². The van der Waals surface area contributed by atoms with Crippen LogP contribution in [0, 0.1) is 5.92 Å². The van der Waals surface area contributed by atoms with E-state index in [1.165, 1.54) is 11.1 Å². The van der Waals surface area contributed by atoms with E-state index >= 15 is 0 Å². The highest BCUT2D eigenvalue weighted by Gasteiger charge is 2.25. The number of amides is 2. The van der Waals surface area contributed by atoms with Gasteiger partial charge in [-0.3, -0.25) is 0 Å². The van der Waals surface area contributed by atoms with Crippen LogP contribution >= 0.6 is 0 Å². The molecule has 2 rings (SSSR count). The number of anilines is 1. The third kappa shape index (κ3) is 3.74. The minimum absolute atomic E-state index is 0.117. The van der Waals surface area contributed by atoms with Gasteiger partial charge in [0.1, 0.15) is 6.04 Å². The van der Waals surface area contributed by atoms with Crippen LogP contribution in [0.5, 0.6) is 0 Å². The Morgan fingerprint density at radius 1 is 1.29 bits per heavy atom. The molecular weight excluding hydrogens is 268 g/mol. The van der Waals surface area contributed by atoms with Crippen LogP contribution < -0.4 is 10.6 Å². The summed E-state index contributed by atoms with van der Waals surface area (Å²) >= 11 is 0. The fourth-order valence-electron chi connectivity index (χ4n) is 2.64. The van der Waals surface area contributed by atoms with E-state index in [-0.39, 0.29) is 5.92 Å². The number of rotatable bonds is 5. The molecule has 0 heterocycles. The summed E-state index contributed by atoms with van der Waals surface area (Å²) in [5, 5.41) is 14.4. The summed E-state index contributed by atoms with van der Waals surface area (Å²) in [5.41, 5.74) is 3.31. The third-order valence-corrected chi connectivity index (χ3v) is 4.12. The Kier molecular flexibility index (Phi) is 4.83. The average Bonchev–Trinajstić information content (AvgIpc) is 2.91. The predicted molar refractivity (Wildman–Crippen MR) is 81.5 cm³/mol. The first-order chi connectivity index (χ1) is 10.0. The van der Waals surface area contributed by atoms with Crippen molar-refractivity contribution in [2.24, 2.45) is 5.92 Å². The maximum Gasteiger partial charge on any atom is 0.326 e. The number of aliphatic carboxylic acids is 1. The first-order valence-electron chi connectivity index (χ1n) is 7.43. The number of carbonyl (C=O) groups excluding carboxylic acids is 1. The smallest absolute Gasteiger partial charge is 0.326 e. The Hall–Kier alpha value is -2.04. The van der Waals surface area contributed by atoms with E-state index in [0.29, 0.717) is 12.1 Å². The minimum atomic E-state index is -1.01. The largest absolute Gasteiger partial charge is 0.480 e. The zero-order chi connectivity index (χ0) is 15.4. The number of carboxylic acids is 1. The van der Waals surface area contributed by atoms with Crippen molar-refractivity contribution in [2.45, 2.75) is 45.6 Å². The van der Waals surface area contributed by atoms with E-state index in [9.17, 15) is 14.7 Å². The normalized spacial score (nSPS) is 15.9. The van der Waals surface area contributed by atoms with Crippen LogP contribution in [-0.4, -0.2) is 23.1 Å². The topological polar surface area (TPSA) is 78.4 Å². The molecule has 0 spiro atoms. The van der Waals surface area contributed by atoms with Crippen molar-refractivity contribution >= 4 is 17.7 Å². The number of fused-ring (bicyclic) bond motifs is 1. The number of urea groups is 1. The monoisotopic (exact) mass is 290 g/mol. The van der Waals surface area contributed by atoms with Gasteiger partial charge < -0.3 is 15.7 Å². The lowest BCUT2D eigenvalue weighted by atomic mass is 9.99. The zero-order valence-corrected chi connectivity index (χ0v) is 12.5. The highest BCUT2D eigenvalue weighted by Crippen LogP contribution is 2.24. The van der Waals surface area contributed by atoms with Crippen LogP contribution in [-0.2, 0) is 17.6 Å². The van der Waals surface area contributed by atoms with E-state index in [2.05, 4.69) is 10.6 Å². The molecule has 0 saturated heterocycles. The molecule has 0 aliphatic heterocycles. The molecule has 114 valence electrons. The molecule has 1 aliphatic rings. The van der Waals surface area contributed by atoms with E-state index < -0.39 is 18.0 Å². The van der Waals surface area contributed by atoms with E-state index in [1.54, 1.807) is 0 Å². The summed E-state index contributed by atoms with van der Waals surface area (Å²) < 4.78 is 0. The van der Waals surface area contributed by atoms with E-state index in [1.807, 2.05) is 32.0 Å². The SMILES string of the molecule is CCC(C)[C@H](NC(=O)Nc1ccc2c(c1)CCC2)C(=O)O. The van der Waals surface area contributed by atoms with Crippen molar-refractivity contribution in [3.63, 3.8) is 0 Å². The maximum atomic E-state index is 12.0. The summed E-state index contributed by atoms with van der Waals surface area (Å²) in [7, 11) is 0. The van der Waals surface area contributed by atoms with E-state index in [4.69, 9.17) is 0 Å². The molecule has 0 fully saturated rings. The second-order valence-electron chi connectivity index (χ2n) is 5.64. The van der Waals surface area contributed by atoms with Crippen molar-refractivity contribution in [1.29, 1.82) is 0 Å². The standard InChI is InChI=1S/C16H22N2O3/c1-3-10(2)14(15(19)20)18-16(21)17-13-8-7-11-5-4-6-12(11)9-13/h7-10,14H,3-6H2,1-2H3,(H,19,20)(H2,17,18,21)/t10?,14-/m0/s1. The molecule has 0 bridgehead atoms. The van der Waals surface area contributed by atoms with Crippen molar-refractivity contribution in [3.8, 4) is 0 Å². The molecule has 5 heteroatoms. The quantitative estimate of drug-likeness (QED) is 0.780. The van der Waals surface area contributed by atoms with Gasteiger partial charge in [0.2, 0.25) is 0 Å². The molecule has 2 amide bonds. The van der Waals surface area contributed by atoms with Crippen molar-refractivity contribution in [3.05, 3.63) is 29.3 Å². The fourth-order valence-corrected chi connectivity index (χ4v) is 2.64. The number of hydrogen-bond donors (Lipinski definition) is 3. The lowest BCUT2D eigenvalue weighted by Crippen LogP contribution is -2.46. The van der Waals surface area contributed by atoms with Crippen molar-refractivity contribution < 1.29 is 14.7 Å². The summed E-state index contributed by atoms with van der Waals surface area (Å²) in [6.07, 6.45) is 3.98. The average molecular weight is 290 g/mol. The molecule has 0 radical (unpaired) electrons. The molecule has 1 aliphatic carbocycles. The van der Waals surface area contributed by atoms with Crippen LogP contribution in [0.2, 0.25) is 0 Å². The van der Waals surface area contributed by atoms with Gasteiger partial charge >= 0.3 is 12.0 Å². The van der Waals surface area contributed by atoms with Gasteiger partial charge in [-0.1, -0.05) is 26.3 Å². The van der Waals surface area contributed by atoms with Gasteiger partial charge in [-0.15, -0.1) is 0 Å². The Morgan fingerprint density at radius 2 is 2.00 bits per heavy atom. The number of carbonyl (C=O) groups is 2. The molecule has 3 N–H and O–H groups in total. The highest BCUT2D eigenvalue weighted by molar-refractivity contribution is 5.92. The Bertz CT molecular complexity index is 542. The van der Waals surface area contributed by atoms with E-state index in [0.717, 1.165) is 19.3 Å². The molecule has 2 atom stereocenters. The predicted octanol–water partition coefficient (Wildman–Crippen LogP) is 2.80. The zero-order valence-electron chi connectivity index (χ0n) is 12.5. The van der Waals surface area contributed by atoms with Gasteiger partial charge in [0.15, 0.2) is 0 Å². The van der Waals surface area contributed by atoms with Gasteiger partial charge in [-0.2, -0.15) is 0 Å². The number of hydrogen-bond acceptors (Lipinski definition) is 2. The molecule has 1 aromatic rings. The first-order valence-corrected chi connectivity index (χ1v) is 7.43. The number of aryl methyl sites for hydroxylation is 2. The van der Waals surface area contributed by atoms with Gasteiger partial charge in [0, 0.05) is 5.69 Å². The van der Waals surface area contributed by atoms with Gasteiger partial charge in [0.25, 0.3) is 0 Å². The van der Waals surface area contributed by atoms with Gasteiger partial charge in [-0.25, -0.2) is 9.59 Å². The molecular formula is C16H22N2O3. The second-order valence-corrected chi connectivity index (χ2v) is 5.64. The van der Waals surface area contributed by atoms with Crippen LogP contribution in [0.3, 0.4) is 0 Å². The molecule has 0 aromatic heterocycles. The van der Waals surface area contributed by atoms with Gasteiger partial charge in [0.05, 0.1) is 0 Å². The Balaban J connectivity index is 1.99. The molecule has 5 nitrogen and oxygen atoms in total. The second kappa shape index (κ2) is 6.61. The maximum absolute atomic E-state index is 12.0. The summed E-state index contributed by atoms with van der Waals surface area (Å²) in [4.78, 5) is 23.2. The lowest BCUT2D eigenvalue weighted by Gasteiger charge is -2.20. The number of carboxylic acid groups (broad SMARTS) is 1. The minimum Gasteiger partial charge on any atom is -0.480 e. The van der Waals surface area contributed by atoms with Crippen LogP contribution in [0.25, 0.3) is 0 Å². The summed E-state index contributed by atoms with van der Waals surface area (Å²) in [6, 6.07) is 4.52. The lowest BCUT2D eigenvalue weighted by molar-refractivity contribution is -0.140. The summed E-state index contributed by atoms with van der Waals surface area (Å²) in [6.45, 7) is 3.72. The van der Waals surface area contributed by atoms with Crippen molar-refractivity contribution in [1.82, 2.24) is 5.32 Å². The molecule has 0 saturated carbocycles. The van der Waals surface area contributed by atoms with Crippen LogP contribution in [0.1, 0.15) is 37.8 Å². The Labute approximate surface area is 124 Å². The number of nitrogens with one attached hydrogen (secondary N) is 2. The molecule has 1 unspecified atom stereocenters. The molecule has 21 heavy (non-hydrogen) atoms. The first kappa shape index (κ1) is 15.4. The highest BCUT2D eigenvalue weighted by atomic mass is 16.4. The third-order valence-electron chi connectivity index (χ3n) is 4.12. The van der Waals surface area contributed by atoms with Crippen LogP contribution in [0.15, 0.2) is 18.2 Å². The Morgan fingerprint density at radius 3 is 2.67 bits per heavy atom. The van der Waals surface area contributed by atoms with Crippen LogP contribution in [0.4, 0.5) is 10.5 Å².